The van der Waals surface area contributed by atoms with E-state index in [1.165, 1.54) is 0 Å². The number of hydrogen-bond donors (Lipinski definition) is 3. The Labute approximate surface area is 233 Å². The molecule has 3 N–H and O–H groups in total. The van der Waals surface area contributed by atoms with Gasteiger partial charge in [0.05, 0.1) is 5.69 Å². The Kier molecular flexibility index (Phi) is 11.4. The van der Waals surface area contributed by atoms with Crippen molar-refractivity contribution in [1.29, 1.82) is 0 Å². The SMILES string of the molecule is Cc1c(-c2ccc(O)cc2)n(CCCCCCNCCCS(=O)CCCC(F)(F)C(F)(F)F)c2ccc(O)cc12. The highest BCUT2D eigenvalue weighted by Gasteiger charge is 2.56. The van der Waals surface area contributed by atoms with E-state index in [9.17, 15) is 36.4 Å². The lowest BCUT2D eigenvalue weighted by atomic mass is 10.1. The topological polar surface area (TPSA) is 74.5 Å². The molecule has 0 radical (unpaired) electrons. The van der Waals surface area contributed by atoms with Gasteiger partial charge in [0.2, 0.25) is 0 Å². The lowest BCUT2D eigenvalue weighted by Gasteiger charge is -2.19. The number of phenolic OH excluding ortho intramolecular Hbond substituents is 2. The maximum Gasteiger partial charge on any atom is 0.453 e. The Morgan fingerprint density at radius 2 is 1.45 bits per heavy atom. The van der Waals surface area contributed by atoms with Gasteiger partial charge < -0.3 is 20.1 Å². The number of nitrogens with one attached hydrogen (secondary N) is 1. The van der Waals surface area contributed by atoms with Crippen LogP contribution in [0.2, 0.25) is 0 Å². The van der Waals surface area contributed by atoms with E-state index in [0.717, 1.165) is 66.5 Å². The lowest BCUT2D eigenvalue weighted by molar-refractivity contribution is -0.284. The number of rotatable bonds is 16. The highest BCUT2D eigenvalue weighted by atomic mass is 32.2. The van der Waals surface area contributed by atoms with Crippen LogP contribution in [-0.4, -0.2) is 55.7 Å². The number of halogens is 5. The minimum atomic E-state index is -5.56. The first-order chi connectivity index (χ1) is 18.9. The Balaban J connectivity index is 1.35. The quantitative estimate of drug-likeness (QED) is 0.121. The Hall–Kier alpha value is -2.66. The molecule has 0 aliphatic rings. The molecule has 0 aliphatic heterocycles. The molecule has 0 saturated heterocycles. The third-order valence-corrected chi connectivity index (χ3v) is 8.42. The number of aromatic nitrogens is 1. The summed E-state index contributed by atoms with van der Waals surface area (Å²) in [6.45, 7) is 4.24. The summed E-state index contributed by atoms with van der Waals surface area (Å²) in [5.41, 5.74) is 4.18. The molecule has 0 aliphatic carbocycles. The van der Waals surface area contributed by atoms with E-state index < -0.39 is 35.7 Å². The molecule has 0 bridgehead atoms. The molecule has 5 nitrogen and oxygen atoms in total. The largest absolute Gasteiger partial charge is 0.508 e. The maximum absolute atomic E-state index is 12.9. The summed E-state index contributed by atoms with van der Waals surface area (Å²) in [4.78, 5) is 0. The average Bonchev–Trinajstić information content (AvgIpc) is 3.15. The van der Waals surface area contributed by atoms with Gasteiger partial charge in [-0.15, -0.1) is 0 Å². The van der Waals surface area contributed by atoms with Crippen LogP contribution in [0.4, 0.5) is 22.0 Å². The van der Waals surface area contributed by atoms with Gasteiger partial charge in [-0.3, -0.25) is 4.21 Å². The first-order valence-corrected chi connectivity index (χ1v) is 15.0. The molecule has 1 unspecified atom stereocenters. The second-order valence-electron chi connectivity index (χ2n) is 10.0. The van der Waals surface area contributed by atoms with Gasteiger partial charge in [0, 0.05) is 46.2 Å². The minimum Gasteiger partial charge on any atom is -0.508 e. The minimum absolute atomic E-state index is 0.155. The standard InChI is InChI=1S/C29H37F5N2O3S/c1-21-25-20-24(38)12-13-26(25)36(27(21)22-8-10-23(37)11-9-22)17-5-3-2-4-15-35-16-7-19-40(39)18-6-14-28(30,31)29(32,33)34/h8-13,20,35,37-38H,2-7,14-19H2,1H3. The molecule has 1 aromatic heterocycles. The first-order valence-electron chi connectivity index (χ1n) is 13.5. The summed E-state index contributed by atoms with van der Waals surface area (Å²) >= 11 is 0. The van der Waals surface area contributed by atoms with Crippen LogP contribution in [0.25, 0.3) is 22.2 Å². The number of benzene rings is 2. The molecule has 1 heterocycles. The van der Waals surface area contributed by atoms with E-state index in [-0.39, 0.29) is 23.0 Å². The lowest BCUT2D eigenvalue weighted by Crippen LogP contribution is -2.36. The zero-order valence-corrected chi connectivity index (χ0v) is 23.4. The fourth-order valence-electron chi connectivity index (χ4n) is 4.79. The van der Waals surface area contributed by atoms with Gasteiger partial charge in [-0.1, -0.05) is 12.8 Å². The molecule has 3 aromatic rings. The van der Waals surface area contributed by atoms with Crippen LogP contribution in [0.5, 0.6) is 11.5 Å². The van der Waals surface area contributed by atoms with Gasteiger partial charge in [0.25, 0.3) is 0 Å². The molecular weight excluding hydrogens is 551 g/mol. The van der Waals surface area contributed by atoms with Crippen LogP contribution in [-0.2, 0) is 17.3 Å². The first kappa shape index (κ1) is 31.9. The molecule has 0 amide bonds. The summed E-state index contributed by atoms with van der Waals surface area (Å²) in [6.07, 6.45) is -2.80. The molecule has 11 heteroatoms. The van der Waals surface area contributed by atoms with Crippen molar-refractivity contribution in [2.75, 3.05) is 24.6 Å². The highest BCUT2D eigenvalue weighted by Crippen LogP contribution is 2.39. The Bertz CT molecular complexity index is 1260. The van der Waals surface area contributed by atoms with Crippen molar-refractivity contribution in [1.82, 2.24) is 9.88 Å². The predicted molar refractivity (Wildman–Crippen MR) is 150 cm³/mol. The highest BCUT2D eigenvalue weighted by molar-refractivity contribution is 7.84. The zero-order chi connectivity index (χ0) is 29.3. The summed E-state index contributed by atoms with van der Waals surface area (Å²) in [7, 11) is -1.41. The van der Waals surface area contributed by atoms with Crippen LogP contribution in [0.15, 0.2) is 42.5 Å². The van der Waals surface area contributed by atoms with Gasteiger partial charge in [0.15, 0.2) is 0 Å². The predicted octanol–water partition coefficient (Wildman–Crippen LogP) is 7.29. The van der Waals surface area contributed by atoms with Crippen LogP contribution < -0.4 is 5.32 Å². The van der Waals surface area contributed by atoms with E-state index in [0.29, 0.717) is 13.0 Å². The van der Waals surface area contributed by atoms with Crippen molar-refractivity contribution in [3.05, 3.63) is 48.0 Å². The molecule has 0 saturated carbocycles. The van der Waals surface area contributed by atoms with Gasteiger partial charge in [0.1, 0.15) is 11.5 Å². The van der Waals surface area contributed by atoms with Crippen LogP contribution in [0.1, 0.15) is 50.5 Å². The third kappa shape index (κ3) is 8.67. The second-order valence-corrected chi connectivity index (χ2v) is 11.7. The van der Waals surface area contributed by atoms with Gasteiger partial charge >= 0.3 is 12.1 Å². The molecular formula is C29H37F5N2O3S. The molecule has 222 valence electrons. The van der Waals surface area contributed by atoms with Gasteiger partial charge in [-0.05, 0) is 99.3 Å². The monoisotopic (exact) mass is 588 g/mol. The summed E-state index contributed by atoms with van der Waals surface area (Å²) in [5.74, 6) is -4.19. The van der Waals surface area contributed by atoms with Crippen molar-refractivity contribution in [2.24, 2.45) is 0 Å². The number of nitrogens with zero attached hydrogens (tertiary/aromatic N) is 1. The Morgan fingerprint density at radius 1 is 0.825 bits per heavy atom. The molecule has 0 fully saturated rings. The summed E-state index contributed by atoms with van der Waals surface area (Å²) in [5, 5.41) is 24.0. The maximum atomic E-state index is 12.9. The normalized spacial score (nSPS) is 13.2. The molecule has 40 heavy (non-hydrogen) atoms. The zero-order valence-electron chi connectivity index (χ0n) is 22.6. The second kappa shape index (κ2) is 14.3. The van der Waals surface area contributed by atoms with Crippen molar-refractivity contribution >= 4 is 21.7 Å². The van der Waals surface area contributed by atoms with E-state index in [1.807, 2.05) is 25.1 Å². The summed E-state index contributed by atoms with van der Waals surface area (Å²) in [6, 6.07) is 12.5. The van der Waals surface area contributed by atoms with Gasteiger partial charge in [-0.25, -0.2) is 0 Å². The van der Waals surface area contributed by atoms with E-state index >= 15 is 0 Å². The third-order valence-electron chi connectivity index (χ3n) is 6.93. The van der Waals surface area contributed by atoms with Crippen molar-refractivity contribution in [2.45, 2.75) is 70.5 Å². The average molecular weight is 589 g/mol. The van der Waals surface area contributed by atoms with Crippen LogP contribution in [0.3, 0.4) is 0 Å². The number of fused-ring (bicyclic) bond motifs is 1. The molecule has 3 rings (SSSR count). The number of phenols is 2. The molecule has 1 atom stereocenters. The van der Waals surface area contributed by atoms with Crippen molar-refractivity contribution in [3.8, 4) is 22.8 Å². The van der Waals surface area contributed by atoms with Crippen LogP contribution >= 0.6 is 0 Å². The van der Waals surface area contributed by atoms with Crippen molar-refractivity contribution in [3.63, 3.8) is 0 Å². The van der Waals surface area contributed by atoms with E-state index in [2.05, 4.69) is 9.88 Å². The summed E-state index contributed by atoms with van der Waals surface area (Å²) < 4.78 is 76.4. The number of hydrogen-bond acceptors (Lipinski definition) is 4. The molecule has 2 aromatic carbocycles. The number of aromatic hydroxyl groups is 2. The van der Waals surface area contributed by atoms with Gasteiger partial charge in [-0.2, -0.15) is 22.0 Å². The molecule has 0 spiro atoms. The smallest absolute Gasteiger partial charge is 0.453 e. The number of aryl methyl sites for hydroxylation is 2. The fraction of sp³-hybridized carbons (Fsp3) is 0.517. The van der Waals surface area contributed by atoms with Crippen molar-refractivity contribution < 1.29 is 36.4 Å². The Morgan fingerprint density at radius 3 is 2.15 bits per heavy atom. The van der Waals surface area contributed by atoms with E-state index in [4.69, 9.17) is 0 Å². The fourth-order valence-corrected chi connectivity index (χ4v) is 5.93. The number of alkyl halides is 5. The number of unbranched alkanes of at least 4 members (excludes halogenated alkanes) is 3. The van der Waals surface area contributed by atoms with E-state index in [1.54, 1.807) is 24.3 Å². The van der Waals surface area contributed by atoms with Crippen LogP contribution in [0, 0.1) is 6.92 Å².